The summed E-state index contributed by atoms with van der Waals surface area (Å²) >= 11 is 0. The highest BCUT2D eigenvalue weighted by molar-refractivity contribution is 6.01. The van der Waals surface area contributed by atoms with Crippen LogP contribution in [0.2, 0.25) is 0 Å². The number of aliphatic hydroxyl groups excluding tert-OH is 2. The Morgan fingerprint density at radius 2 is 0.614 bits per heavy atom. The molecular weight excluding hydrogens is 1470 g/mol. The lowest BCUT2D eigenvalue weighted by molar-refractivity contribution is 0.0690. The molecule has 2 atom stereocenters. The highest BCUT2D eigenvalue weighted by Crippen LogP contribution is 2.32. The monoisotopic (exact) mass is 1570 g/mol. The third-order valence-corrected chi connectivity index (χ3v) is 21.4. The van der Waals surface area contributed by atoms with Gasteiger partial charge in [0.25, 0.3) is 17.7 Å². The number of fused-ring (bicyclic) bond motifs is 4. The average Bonchev–Trinajstić information content (AvgIpc) is 1.66. The van der Waals surface area contributed by atoms with Crippen molar-refractivity contribution in [3.8, 4) is 44.5 Å². The van der Waals surface area contributed by atoms with Crippen molar-refractivity contribution in [2.24, 2.45) is 40.9 Å². The van der Waals surface area contributed by atoms with Gasteiger partial charge < -0.3 is 68.4 Å². The van der Waals surface area contributed by atoms with Crippen LogP contribution in [0.15, 0.2) is 217 Å². The second-order valence-electron chi connectivity index (χ2n) is 29.6. The number of carbonyl (C=O) groups excluding carboxylic acids is 3. The van der Waals surface area contributed by atoms with Crippen LogP contribution in [0.25, 0.3) is 88.1 Å². The second kappa shape index (κ2) is 42.8. The van der Waals surface area contributed by atoms with Crippen LogP contribution < -0.4 is 33.2 Å². The molecule has 4 aromatic heterocycles. The summed E-state index contributed by atoms with van der Waals surface area (Å²) in [5, 5.41) is 35.9. The minimum Gasteiger partial charge on any atom is -0.477 e. The van der Waals surface area contributed by atoms with E-state index in [1.54, 1.807) is 60.2 Å². The number of hydrogen-bond acceptors (Lipinski definition) is 9. The van der Waals surface area contributed by atoms with Crippen LogP contribution in [0.1, 0.15) is 146 Å². The Balaban J connectivity index is 0.000000166. The molecule has 4 aliphatic carbocycles. The number of rotatable bonds is 15. The molecule has 17 nitrogen and oxygen atoms in total. The largest absolute Gasteiger partial charge is 0.477 e. The number of hydrogen-bond donors (Lipinski definition) is 13. The normalized spacial score (nSPS) is 17.6. The molecule has 2 unspecified atom stereocenters. The van der Waals surface area contributed by atoms with Gasteiger partial charge in [-0.15, -0.1) is 12.4 Å². The number of carboxylic acid groups (broad SMARTS) is 1. The molecule has 16 rings (SSSR count). The van der Waals surface area contributed by atoms with Gasteiger partial charge in [-0.05, 0) is 276 Å². The van der Waals surface area contributed by atoms with Gasteiger partial charge in [0.05, 0.1) is 0 Å². The Kier molecular flexibility index (Phi) is 32.7. The van der Waals surface area contributed by atoms with Gasteiger partial charge in [0.1, 0.15) is 46.0 Å². The van der Waals surface area contributed by atoms with E-state index in [4.69, 9.17) is 32.5 Å². The average molecular weight is 1570 g/mol. The Hall–Kier alpha value is -10.9. The van der Waals surface area contributed by atoms with E-state index in [1.807, 2.05) is 91.0 Å². The number of allylic oxidation sites excluding steroid dienone is 4. The van der Waals surface area contributed by atoms with Crippen LogP contribution in [0.4, 0.5) is 17.6 Å². The number of aliphatic hydroxyl groups is 2. The molecule has 4 heterocycles. The lowest BCUT2D eigenvalue weighted by atomic mass is 9.86. The predicted molar refractivity (Wildman–Crippen MR) is 453 cm³/mol. The maximum atomic E-state index is 13.1. The summed E-state index contributed by atoms with van der Waals surface area (Å²) in [6, 6.07) is 56.7. The van der Waals surface area contributed by atoms with E-state index < -0.39 is 5.97 Å². The minimum absolute atomic E-state index is 0. The van der Waals surface area contributed by atoms with Gasteiger partial charge in [-0.1, -0.05) is 120 Å². The van der Waals surface area contributed by atoms with E-state index in [-0.39, 0.29) is 59.1 Å². The van der Waals surface area contributed by atoms with Gasteiger partial charge in [-0.3, -0.25) is 14.4 Å². The molecule has 0 radical (unpaired) electrons. The standard InChI is InChI=1S/C23H23FN2O.2C22H24FN3O.C15H10FNO2.C8H15N.2CH4O.ClH/c1-15-2-4-16(5-3-15)14-25-23(27)22-13-19-7-6-18(12-21(19)26-22)17-8-10-20(24)11-9-17;2*23-18-7-5-15(6-8-18)16-3-4-17-12-21(26-20(17)11-16)22(27)25-13-14-1-9-19(24)10-2-14;16-12-5-3-9(4-6-12)10-1-2-11-8-14(15(18)19)17-13(11)7-10;1-7-2-4-8(6-9)5-3-7;2*1-2;/h2,6-13,16,26H,3-5,14H2,1H3,(H,25,27);2*3-8,11-12,14,19,26H,1-2,9-10,13,24H2,(H,25,27);1-8,17H,(H,18,19);2,8H,3-6,9H2,1H3;2*2H,1H3;1H. The first-order valence-corrected chi connectivity index (χ1v) is 38.8. The van der Waals surface area contributed by atoms with Crippen LogP contribution in [-0.2, 0) is 0 Å². The summed E-state index contributed by atoms with van der Waals surface area (Å²) in [7, 11) is 2.00. The maximum Gasteiger partial charge on any atom is 0.352 e. The van der Waals surface area contributed by atoms with Crippen molar-refractivity contribution in [2.45, 2.75) is 116 Å². The van der Waals surface area contributed by atoms with E-state index in [0.29, 0.717) is 66.6 Å². The summed E-state index contributed by atoms with van der Waals surface area (Å²) in [6.45, 7) is 7.33. The van der Waals surface area contributed by atoms with Gasteiger partial charge in [-0.2, -0.15) is 0 Å². The van der Waals surface area contributed by atoms with Gasteiger partial charge in [0, 0.05) is 89.5 Å². The van der Waals surface area contributed by atoms with Crippen LogP contribution in [0, 0.1) is 46.9 Å². The zero-order valence-corrected chi connectivity index (χ0v) is 65.8. The Labute approximate surface area is 669 Å². The number of H-pyrrole nitrogens is 4. The predicted octanol–water partition coefficient (Wildman–Crippen LogP) is 18.9. The van der Waals surface area contributed by atoms with E-state index in [2.05, 4.69) is 61.9 Å². The Bertz CT molecular complexity index is 5020. The Morgan fingerprint density at radius 3 is 0.877 bits per heavy atom. The molecule has 2 saturated carbocycles. The first-order chi connectivity index (χ1) is 54.7. The molecular formula is C92H105ClF4N10O7. The quantitative estimate of drug-likeness (QED) is 0.0340. The number of amides is 3. The molecule has 0 bridgehead atoms. The summed E-state index contributed by atoms with van der Waals surface area (Å²) in [4.78, 5) is 60.9. The summed E-state index contributed by atoms with van der Waals surface area (Å²) in [5.41, 5.74) is 33.2. The molecule has 16 N–H and O–H groups in total. The number of aromatic nitrogens is 4. The number of benzene rings is 8. The lowest BCUT2D eigenvalue weighted by Crippen LogP contribution is -2.34. The van der Waals surface area contributed by atoms with E-state index in [1.165, 1.54) is 73.4 Å². The molecule has 114 heavy (non-hydrogen) atoms. The zero-order valence-electron chi connectivity index (χ0n) is 64.9. The number of aromatic amines is 4. The smallest absolute Gasteiger partial charge is 0.352 e. The molecule has 0 saturated heterocycles. The first kappa shape index (κ1) is 87.1. The maximum absolute atomic E-state index is 13.1. The van der Waals surface area contributed by atoms with Crippen molar-refractivity contribution in [3.63, 3.8) is 0 Å². The highest BCUT2D eigenvalue weighted by Gasteiger charge is 2.23. The fourth-order valence-corrected chi connectivity index (χ4v) is 14.5. The topological polar surface area (TPSA) is 306 Å². The van der Waals surface area contributed by atoms with E-state index >= 15 is 0 Å². The number of nitrogens with one attached hydrogen (secondary N) is 7. The second-order valence-corrected chi connectivity index (χ2v) is 29.6. The summed E-state index contributed by atoms with van der Waals surface area (Å²) in [6.07, 6.45) is 20.2. The van der Waals surface area contributed by atoms with Gasteiger partial charge in [0.15, 0.2) is 0 Å². The highest BCUT2D eigenvalue weighted by atomic mass is 35.5. The molecule has 4 aliphatic rings. The first-order valence-electron chi connectivity index (χ1n) is 38.8. The van der Waals surface area contributed by atoms with Crippen molar-refractivity contribution in [2.75, 3.05) is 40.4 Å². The number of carboxylic acids is 1. The van der Waals surface area contributed by atoms with Gasteiger partial charge >= 0.3 is 5.97 Å². The number of carbonyl (C=O) groups is 4. The molecule has 600 valence electrons. The molecule has 2 fully saturated rings. The number of nitrogens with two attached hydrogens (primary N) is 3. The number of aromatic carboxylic acids is 1. The van der Waals surface area contributed by atoms with Crippen LogP contribution >= 0.6 is 12.4 Å². The van der Waals surface area contributed by atoms with Crippen molar-refractivity contribution >= 4 is 79.7 Å². The molecule has 22 heteroatoms. The Morgan fingerprint density at radius 1 is 0.360 bits per heavy atom. The summed E-state index contributed by atoms with van der Waals surface area (Å²) in [5.74, 6) is 0.0822. The summed E-state index contributed by atoms with van der Waals surface area (Å²) < 4.78 is 52.2. The van der Waals surface area contributed by atoms with Crippen LogP contribution in [0.3, 0.4) is 0 Å². The molecule has 3 amide bonds. The third-order valence-electron chi connectivity index (χ3n) is 21.4. The van der Waals surface area contributed by atoms with E-state index in [0.717, 1.165) is 185 Å². The van der Waals surface area contributed by atoms with Crippen LogP contribution in [0.5, 0.6) is 0 Å². The molecule has 0 aliphatic heterocycles. The molecule has 0 spiro atoms. The fourth-order valence-electron chi connectivity index (χ4n) is 14.5. The molecule has 12 aromatic rings. The van der Waals surface area contributed by atoms with Crippen LogP contribution in [-0.4, -0.2) is 111 Å². The molecule has 8 aromatic carbocycles. The van der Waals surface area contributed by atoms with Crippen molar-refractivity contribution < 1.29 is 52.1 Å². The van der Waals surface area contributed by atoms with Gasteiger partial charge in [0.2, 0.25) is 0 Å². The SMILES string of the molecule is CC1=CCC(CN)CC1.CC1=CCC(CNC(=O)c2cc3ccc(-c4ccc(F)cc4)cc3[nH]2)CC1.CO.CO.Cl.NC1CCC(CNC(=O)c2cc3ccc(-c4ccc(F)cc4)cc3[nH]2)CC1.NC1CCC(CNC(=O)c2cc3ccc(-c4ccc(F)cc4)cc3[nH]2)CC1.O=C(O)c1cc2ccc(-c3ccc(F)cc3)cc2[nH]1. The zero-order chi connectivity index (χ0) is 80.5. The van der Waals surface area contributed by atoms with Gasteiger partial charge in [-0.25, -0.2) is 22.4 Å². The van der Waals surface area contributed by atoms with Crippen molar-refractivity contribution in [1.82, 2.24) is 35.9 Å². The van der Waals surface area contributed by atoms with Crippen molar-refractivity contribution in [1.29, 1.82) is 0 Å². The number of halogens is 5. The van der Waals surface area contributed by atoms with E-state index in [9.17, 15) is 36.7 Å². The fraction of sp³-hybridized carbons (Fsp3) is 0.304. The third kappa shape index (κ3) is 24.8. The lowest BCUT2D eigenvalue weighted by Gasteiger charge is -2.25. The minimum atomic E-state index is -0.987. The van der Waals surface area contributed by atoms with Crippen molar-refractivity contribution in [3.05, 3.63) is 263 Å².